The van der Waals surface area contributed by atoms with E-state index in [4.69, 9.17) is 16.3 Å². The first-order chi connectivity index (χ1) is 8.89. The van der Waals surface area contributed by atoms with Gasteiger partial charge in [-0.1, -0.05) is 17.5 Å². The minimum atomic E-state index is -4.88. The SMILES string of the molecule is O=C(C#CCCCOc1ccc(Cl)cc1)C(F)(F)F. The van der Waals surface area contributed by atoms with Crippen LogP contribution in [-0.4, -0.2) is 18.6 Å². The maximum absolute atomic E-state index is 11.8. The molecular weight excluding hydrogens is 281 g/mol. The van der Waals surface area contributed by atoms with Gasteiger partial charge in [-0.2, -0.15) is 13.2 Å². The highest BCUT2D eigenvalue weighted by Gasteiger charge is 2.36. The molecule has 1 aromatic rings. The molecule has 0 radical (unpaired) electrons. The van der Waals surface area contributed by atoms with E-state index < -0.39 is 12.0 Å². The van der Waals surface area contributed by atoms with E-state index in [-0.39, 0.29) is 6.42 Å². The molecule has 1 rings (SSSR count). The van der Waals surface area contributed by atoms with Crippen molar-refractivity contribution in [3.63, 3.8) is 0 Å². The molecule has 0 saturated carbocycles. The van der Waals surface area contributed by atoms with Gasteiger partial charge in [0.2, 0.25) is 0 Å². The van der Waals surface area contributed by atoms with Crippen molar-refractivity contribution in [1.82, 2.24) is 0 Å². The summed E-state index contributed by atoms with van der Waals surface area (Å²) >= 11 is 5.68. The number of ether oxygens (including phenoxy) is 1. The van der Waals surface area contributed by atoms with E-state index in [1.54, 1.807) is 30.2 Å². The summed E-state index contributed by atoms with van der Waals surface area (Å²) in [6.45, 7) is 0.302. The minimum absolute atomic E-state index is 0.162. The molecule has 19 heavy (non-hydrogen) atoms. The van der Waals surface area contributed by atoms with Crippen LogP contribution in [-0.2, 0) is 4.79 Å². The quantitative estimate of drug-likeness (QED) is 0.481. The third-order valence-electron chi connectivity index (χ3n) is 1.99. The van der Waals surface area contributed by atoms with Crippen LogP contribution in [0, 0.1) is 11.8 Å². The molecule has 0 spiro atoms. The molecule has 0 N–H and O–H groups in total. The number of alkyl halides is 3. The number of benzene rings is 1. The Labute approximate surface area is 113 Å². The first-order valence-corrected chi connectivity index (χ1v) is 5.76. The van der Waals surface area contributed by atoms with Crippen molar-refractivity contribution in [3.05, 3.63) is 29.3 Å². The standard InChI is InChI=1S/C13H10ClF3O2/c14-10-5-7-11(8-6-10)19-9-3-1-2-4-12(18)13(15,16)17/h5-8H,1,3,9H2. The lowest BCUT2D eigenvalue weighted by atomic mass is 10.3. The molecule has 0 aliphatic heterocycles. The average molecular weight is 291 g/mol. The Morgan fingerprint density at radius 2 is 1.89 bits per heavy atom. The Balaban J connectivity index is 2.24. The monoisotopic (exact) mass is 290 g/mol. The van der Waals surface area contributed by atoms with Crippen molar-refractivity contribution in [1.29, 1.82) is 0 Å². The van der Waals surface area contributed by atoms with Crippen molar-refractivity contribution in [3.8, 4) is 17.6 Å². The smallest absolute Gasteiger partial charge is 0.462 e. The summed E-state index contributed by atoms with van der Waals surface area (Å²) in [5.41, 5.74) is 0. The van der Waals surface area contributed by atoms with Gasteiger partial charge in [-0.3, -0.25) is 4.79 Å². The summed E-state index contributed by atoms with van der Waals surface area (Å²) in [5.74, 6) is 2.30. The zero-order chi connectivity index (χ0) is 14.3. The van der Waals surface area contributed by atoms with Gasteiger partial charge in [-0.05, 0) is 36.6 Å². The van der Waals surface area contributed by atoms with E-state index in [1.807, 2.05) is 0 Å². The van der Waals surface area contributed by atoms with Gasteiger partial charge in [0.25, 0.3) is 0 Å². The molecule has 0 heterocycles. The number of carbonyl (C=O) groups excluding carboxylic acids is 1. The molecule has 0 atom stereocenters. The molecule has 0 amide bonds. The van der Waals surface area contributed by atoms with Crippen molar-refractivity contribution < 1.29 is 22.7 Å². The van der Waals surface area contributed by atoms with E-state index >= 15 is 0 Å². The van der Waals surface area contributed by atoms with Crippen LogP contribution in [0.15, 0.2) is 24.3 Å². The zero-order valence-corrected chi connectivity index (χ0v) is 10.5. The highest BCUT2D eigenvalue weighted by molar-refractivity contribution is 6.30. The van der Waals surface area contributed by atoms with Gasteiger partial charge < -0.3 is 4.74 Å². The van der Waals surface area contributed by atoms with Gasteiger partial charge in [-0.25, -0.2) is 0 Å². The molecule has 102 valence electrons. The van der Waals surface area contributed by atoms with E-state index in [1.165, 1.54) is 0 Å². The number of ketones is 1. The lowest BCUT2D eigenvalue weighted by Gasteiger charge is -2.04. The van der Waals surface area contributed by atoms with E-state index in [2.05, 4.69) is 5.92 Å². The van der Waals surface area contributed by atoms with Crippen LogP contribution in [0.25, 0.3) is 0 Å². The fourth-order valence-electron chi connectivity index (χ4n) is 1.10. The van der Waals surface area contributed by atoms with Crippen molar-refractivity contribution >= 4 is 17.4 Å². The Morgan fingerprint density at radius 1 is 1.26 bits per heavy atom. The zero-order valence-electron chi connectivity index (χ0n) is 9.76. The topological polar surface area (TPSA) is 26.3 Å². The summed E-state index contributed by atoms with van der Waals surface area (Å²) in [5, 5.41) is 0.587. The molecule has 0 unspecified atom stereocenters. The number of unbranched alkanes of at least 4 members (excludes halogenated alkanes) is 1. The maximum atomic E-state index is 11.8. The predicted molar refractivity (Wildman–Crippen MR) is 65.0 cm³/mol. The number of rotatable bonds is 4. The van der Waals surface area contributed by atoms with Crippen LogP contribution in [0.5, 0.6) is 5.75 Å². The Kier molecular flexibility index (Phi) is 5.71. The van der Waals surface area contributed by atoms with Gasteiger partial charge in [0.15, 0.2) is 0 Å². The number of hydrogen-bond acceptors (Lipinski definition) is 2. The average Bonchev–Trinajstić information content (AvgIpc) is 2.34. The van der Waals surface area contributed by atoms with Gasteiger partial charge in [0.05, 0.1) is 6.61 Å². The van der Waals surface area contributed by atoms with Gasteiger partial charge in [0.1, 0.15) is 5.75 Å². The predicted octanol–water partition coefficient (Wildman–Crippen LogP) is 3.63. The second kappa shape index (κ2) is 7.05. The lowest BCUT2D eigenvalue weighted by molar-refractivity contribution is -0.164. The highest BCUT2D eigenvalue weighted by Crippen LogP contribution is 2.16. The molecule has 0 fully saturated rings. The van der Waals surface area contributed by atoms with Crippen molar-refractivity contribution in [2.45, 2.75) is 19.0 Å². The van der Waals surface area contributed by atoms with Crippen LogP contribution < -0.4 is 4.74 Å². The molecule has 0 bridgehead atoms. The maximum Gasteiger partial charge on any atom is 0.462 e. The Bertz CT molecular complexity index is 483. The molecule has 2 nitrogen and oxygen atoms in total. The van der Waals surface area contributed by atoms with Crippen LogP contribution in [0.2, 0.25) is 5.02 Å². The van der Waals surface area contributed by atoms with Crippen LogP contribution in [0.1, 0.15) is 12.8 Å². The molecule has 6 heteroatoms. The molecule has 0 saturated heterocycles. The molecule has 0 aliphatic rings. The number of Topliss-reactive ketones (excluding diaryl/α,β-unsaturated/α-hetero) is 1. The lowest BCUT2D eigenvalue weighted by Crippen LogP contribution is -2.20. The summed E-state index contributed by atoms with van der Waals surface area (Å²) in [6.07, 6.45) is -4.29. The van der Waals surface area contributed by atoms with Crippen LogP contribution in [0.3, 0.4) is 0 Å². The number of hydrogen-bond donors (Lipinski definition) is 0. The highest BCUT2D eigenvalue weighted by atomic mass is 35.5. The van der Waals surface area contributed by atoms with E-state index in [0.29, 0.717) is 23.8 Å². The second-order valence-corrected chi connectivity index (χ2v) is 3.97. The third-order valence-corrected chi connectivity index (χ3v) is 2.24. The van der Waals surface area contributed by atoms with E-state index in [9.17, 15) is 18.0 Å². The van der Waals surface area contributed by atoms with Gasteiger partial charge in [0, 0.05) is 11.4 Å². The third kappa shape index (κ3) is 6.16. The van der Waals surface area contributed by atoms with Crippen molar-refractivity contribution in [2.75, 3.05) is 6.61 Å². The fourth-order valence-corrected chi connectivity index (χ4v) is 1.22. The fraction of sp³-hybridized carbons (Fsp3) is 0.308. The van der Waals surface area contributed by atoms with Crippen LogP contribution in [0.4, 0.5) is 13.2 Å². The first kappa shape index (κ1) is 15.4. The Hall–Kier alpha value is -1.67. The normalized spacial score (nSPS) is 10.5. The minimum Gasteiger partial charge on any atom is -0.494 e. The second-order valence-electron chi connectivity index (χ2n) is 3.53. The molecule has 0 aromatic heterocycles. The van der Waals surface area contributed by atoms with Crippen LogP contribution >= 0.6 is 11.6 Å². The van der Waals surface area contributed by atoms with Gasteiger partial charge in [-0.15, -0.1) is 0 Å². The Morgan fingerprint density at radius 3 is 2.47 bits per heavy atom. The summed E-state index contributed by atoms with van der Waals surface area (Å²) < 4.78 is 40.7. The largest absolute Gasteiger partial charge is 0.494 e. The summed E-state index contributed by atoms with van der Waals surface area (Å²) in [6, 6.07) is 6.69. The summed E-state index contributed by atoms with van der Waals surface area (Å²) in [4.78, 5) is 10.4. The number of halogens is 4. The van der Waals surface area contributed by atoms with Gasteiger partial charge >= 0.3 is 12.0 Å². The summed E-state index contributed by atoms with van der Waals surface area (Å²) in [7, 11) is 0. The number of carbonyl (C=O) groups is 1. The van der Waals surface area contributed by atoms with Crippen molar-refractivity contribution in [2.24, 2.45) is 0 Å². The molecule has 0 aliphatic carbocycles. The first-order valence-electron chi connectivity index (χ1n) is 5.38. The molecular formula is C13H10ClF3O2. The van der Waals surface area contributed by atoms with E-state index in [0.717, 1.165) is 0 Å². The molecule has 1 aromatic carbocycles.